The number of rotatable bonds is 2. The fourth-order valence-corrected chi connectivity index (χ4v) is 3.54. The van der Waals surface area contributed by atoms with Gasteiger partial charge in [-0.25, -0.2) is 0 Å². The van der Waals surface area contributed by atoms with E-state index in [4.69, 9.17) is 0 Å². The summed E-state index contributed by atoms with van der Waals surface area (Å²) < 4.78 is 3.77. The highest BCUT2D eigenvalue weighted by Gasteiger charge is 2.31. The molecule has 3 heterocycles. The first-order valence-electron chi connectivity index (χ1n) is 6.64. The molecule has 2 saturated heterocycles. The standard InChI is InChI=1S/C12H18N4OS/c17-12(11-7-14-15-18-11)16-6-2-3-9(8-16)10-4-1-5-13-10/h7,9-10,13H,1-6,8H2. The molecule has 1 aromatic heterocycles. The molecule has 2 aliphatic heterocycles. The predicted octanol–water partition coefficient (Wildman–Crippen LogP) is 1.14. The lowest BCUT2D eigenvalue weighted by Gasteiger charge is -2.35. The van der Waals surface area contributed by atoms with Crippen molar-refractivity contribution in [2.24, 2.45) is 5.92 Å². The van der Waals surface area contributed by atoms with Crippen LogP contribution in [0.5, 0.6) is 0 Å². The van der Waals surface area contributed by atoms with Crippen molar-refractivity contribution < 1.29 is 4.79 Å². The molecule has 1 aromatic rings. The molecule has 2 aliphatic rings. The molecular weight excluding hydrogens is 248 g/mol. The third-order valence-electron chi connectivity index (χ3n) is 3.98. The number of hydrogen-bond donors (Lipinski definition) is 1. The lowest BCUT2D eigenvalue weighted by atomic mass is 9.90. The van der Waals surface area contributed by atoms with Crippen molar-refractivity contribution in [2.75, 3.05) is 19.6 Å². The molecular formula is C12H18N4OS. The second-order valence-electron chi connectivity index (χ2n) is 5.14. The molecule has 2 atom stereocenters. The van der Waals surface area contributed by atoms with Crippen LogP contribution in [0.1, 0.15) is 35.4 Å². The first-order valence-corrected chi connectivity index (χ1v) is 7.42. The number of piperidine rings is 1. The zero-order chi connectivity index (χ0) is 12.4. The third-order valence-corrected chi connectivity index (χ3v) is 4.64. The summed E-state index contributed by atoms with van der Waals surface area (Å²) in [5, 5.41) is 7.30. The number of carbonyl (C=O) groups excluding carboxylic acids is 1. The van der Waals surface area contributed by atoms with Crippen LogP contribution in [0.25, 0.3) is 0 Å². The zero-order valence-corrected chi connectivity index (χ0v) is 11.2. The molecule has 0 saturated carbocycles. The fraction of sp³-hybridized carbons (Fsp3) is 0.750. The van der Waals surface area contributed by atoms with E-state index in [-0.39, 0.29) is 5.91 Å². The monoisotopic (exact) mass is 266 g/mol. The Morgan fingerprint density at radius 3 is 3.11 bits per heavy atom. The van der Waals surface area contributed by atoms with E-state index >= 15 is 0 Å². The number of aromatic nitrogens is 2. The lowest BCUT2D eigenvalue weighted by Crippen LogP contribution is -2.45. The molecule has 0 aromatic carbocycles. The molecule has 6 heteroatoms. The van der Waals surface area contributed by atoms with Gasteiger partial charge in [0.1, 0.15) is 4.88 Å². The van der Waals surface area contributed by atoms with Crippen LogP contribution in [0.4, 0.5) is 0 Å². The molecule has 5 nitrogen and oxygen atoms in total. The summed E-state index contributed by atoms with van der Waals surface area (Å²) in [4.78, 5) is 14.9. The minimum atomic E-state index is 0.104. The average Bonchev–Trinajstić information content (AvgIpc) is 3.11. The SMILES string of the molecule is O=C(c1cnns1)N1CCCC(C2CCCN2)C1. The van der Waals surface area contributed by atoms with Gasteiger partial charge >= 0.3 is 0 Å². The summed E-state index contributed by atoms with van der Waals surface area (Å²) >= 11 is 1.19. The van der Waals surface area contributed by atoms with E-state index in [1.807, 2.05) is 4.90 Å². The van der Waals surface area contributed by atoms with Gasteiger partial charge in [0.05, 0.1) is 6.20 Å². The molecule has 2 fully saturated rings. The lowest BCUT2D eigenvalue weighted by molar-refractivity contribution is 0.0656. The Balaban J connectivity index is 1.64. The van der Waals surface area contributed by atoms with Crippen molar-refractivity contribution in [3.8, 4) is 0 Å². The topological polar surface area (TPSA) is 58.1 Å². The Bertz CT molecular complexity index is 402. The molecule has 1 amide bonds. The van der Waals surface area contributed by atoms with Crippen LogP contribution in [-0.4, -0.2) is 46.1 Å². The number of carbonyl (C=O) groups is 1. The number of nitrogens with one attached hydrogen (secondary N) is 1. The minimum Gasteiger partial charge on any atom is -0.338 e. The average molecular weight is 266 g/mol. The number of likely N-dealkylation sites (tertiary alicyclic amines) is 1. The maximum Gasteiger partial charge on any atom is 0.267 e. The van der Waals surface area contributed by atoms with Gasteiger partial charge in [-0.2, -0.15) is 0 Å². The van der Waals surface area contributed by atoms with Crippen LogP contribution in [0.2, 0.25) is 0 Å². The summed E-state index contributed by atoms with van der Waals surface area (Å²) in [5.74, 6) is 0.721. The molecule has 2 unspecified atom stereocenters. The third kappa shape index (κ3) is 2.40. The van der Waals surface area contributed by atoms with Crippen LogP contribution in [0, 0.1) is 5.92 Å². The predicted molar refractivity (Wildman–Crippen MR) is 69.6 cm³/mol. The number of hydrogen-bond acceptors (Lipinski definition) is 5. The van der Waals surface area contributed by atoms with Gasteiger partial charge in [0.2, 0.25) is 0 Å². The molecule has 3 rings (SSSR count). The van der Waals surface area contributed by atoms with E-state index in [9.17, 15) is 4.79 Å². The molecule has 0 bridgehead atoms. The van der Waals surface area contributed by atoms with Gasteiger partial charge in [-0.05, 0) is 49.7 Å². The van der Waals surface area contributed by atoms with Crippen molar-refractivity contribution >= 4 is 17.4 Å². The van der Waals surface area contributed by atoms with Gasteiger partial charge < -0.3 is 10.2 Å². The molecule has 0 spiro atoms. The fourth-order valence-electron chi connectivity index (χ4n) is 3.05. The second-order valence-corrected chi connectivity index (χ2v) is 5.92. The Labute approximate surface area is 111 Å². The Kier molecular flexibility index (Phi) is 3.56. The minimum absolute atomic E-state index is 0.104. The van der Waals surface area contributed by atoms with Gasteiger partial charge in [-0.3, -0.25) is 4.79 Å². The maximum atomic E-state index is 12.3. The maximum absolute atomic E-state index is 12.3. The van der Waals surface area contributed by atoms with Crippen molar-refractivity contribution in [1.29, 1.82) is 0 Å². The van der Waals surface area contributed by atoms with Gasteiger partial charge in [-0.15, -0.1) is 5.10 Å². The van der Waals surface area contributed by atoms with E-state index in [2.05, 4.69) is 14.9 Å². The summed E-state index contributed by atoms with van der Waals surface area (Å²) in [6.45, 7) is 2.89. The molecule has 0 aliphatic carbocycles. The molecule has 98 valence electrons. The van der Waals surface area contributed by atoms with Gasteiger partial charge in [0.25, 0.3) is 5.91 Å². The quantitative estimate of drug-likeness (QED) is 0.872. The Hall–Kier alpha value is -1.01. The summed E-state index contributed by atoms with van der Waals surface area (Å²) in [7, 11) is 0. The highest BCUT2D eigenvalue weighted by atomic mass is 32.1. The first kappa shape index (κ1) is 12.0. The van der Waals surface area contributed by atoms with Crippen LogP contribution in [-0.2, 0) is 0 Å². The van der Waals surface area contributed by atoms with Crippen LogP contribution >= 0.6 is 11.5 Å². The Morgan fingerprint density at radius 2 is 2.39 bits per heavy atom. The summed E-state index contributed by atoms with van der Waals surface area (Å²) in [5.41, 5.74) is 0. The normalized spacial score (nSPS) is 28.6. The molecule has 1 N–H and O–H groups in total. The number of nitrogens with zero attached hydrogens (tertiary/aromatic N) is 3. The summed E-state index contributed by atoms with van der Waals surface area (Å²) in [6, 6.07) is 0.611. The van der Waals surface area contributed by atoms with Crippen molar-refractivity contribution in [2.45, 2.75) is 31.7 Å². The highest BCUT2D eigenvalue weighted by Crippen LogP contribution is 2.25. The smallest absolute Gasteiger partial charge is 0.267 e. The van der Waals surface area contributed by atoms with E-state index in [0.29, 0.717) is 16.8 Å². The summed E-state index contributed by atoms with van der Waals surface area (Å²) in [6.07, 6.45) is 6.45. The molecule has 0 radical (unpaired) electrons. The van der Waals surface area contributed by atoms with Crippen LogP contribution in [0.3, 0.4) is 0 Å². The van der Waals surface area contributed by atoms with E-state index in [1.54, 1.807) is 6.20 Å². The van der Waals surface area contributed by atoms with E-state index in [0.717, 1.165) is 26.1 Å². The Morgan fingerprint density at radius 1 is 1.44 bits per heavy atom. The first-order chi connectivity index (χ1) is 8.84. The second kappa shape index (κ2) is 5.32. The van der Waals surface area contributed by atoms with Crippen molar-refractivity contribution in [3.63, 3.8) is 0 Å². The zero-order valence-electron chi connectivity index (χ0n) is 10.3. The molecule has 18 heavy (non-hydrogen) atoms. The van der Waals surface area contributed by atoms with Gasteiger partial charge in [0, 0.05) is 19.1 Å². The van der Waals surface area contributed by atoms with E-state index < -0.39 is 0 Å². The van der Waals surface area contributed by atoms with Gasteiger partial charge in [0.15, 0.2) is 0 Å². The number of amides is 1. The highest BCUT2D eigenvalue weighted by molar-refractivity contribution is 7.07. The van der Waals surface area contributed by atoms with E-state index in [1.165, 1.54) is 30.8 Å². The van der Waals surface area contributed by atoms with Crippen molar-refractivity contribution in [3.05, 3.63) is 11.1 Å². The van der Waals surface area contributed by atoms with Gasteiger partial charge in [-0.1, -0.05) is 4.49 Å². The largest absolute Gasteiger partial charge is 0.338 e. The van der Waals surface area contributed by atoms with Crippen LogP contribution < -0.4 is 5.32 Å². The van der Waals surface area contributed by atoms with Crippen molar-refractivity contribution in [1.82, 2.24) is 19.8 Å². The van der Waals surface area contributed by atoms with Crippen LogP contribution in [0.15, 0.2) is 6.20 Å².